The van der Waals surface area contributed by atoms with E-state index in [0.29, 0.717) is 47.3 Å². The Bertz CT molecular complexity index is 1600. The second kappa shape index (κ2) is 17.2. The van der Waals surface area contributed by atoms with Gasteiger partial charge in [-0.3, -0.25) is 14.5 Å². The topological polar surface area (TPSA) is 115 Å². The average molecular weight is 699 g/mol. The van der Waals surface area contributed by atoms with Crippen LogP contribution in [0.15, 0.2) is 67.4 Å². The van der Waals surface area contributed by atoms with Crippen LogP contribution < -0.4 is 26.2 Å². The molecule has 2 heterocycles. The van der Waals surface area contributed by atoms with Crippen molar-refractivity contribution >= 4 is 52.2 Å². The number of amides is 2. The summed E-state index contributed by atoms with van der Waals surface area (Å²) in [7, 11) is 0. The molecule has 0 radical (unpaired) electrons. The number of carbonyl (C=O) groups is 2. The Hall–Kier alpha value is -4.15. The highest BCUT2D eigenvalue weighted by molar-refractivity contribution is 6.32. The van der Waals surface area contributed by atoms with E-state index in [0.717, 1.165) is 68.8 Å². The number of hydrogen-bond donors (Lipinski definition) is 4. The van der Waals surface area contributed by atoms with Gasteiger partial charge in [-0.05, 0) is 104 Å². The maximum absolute atomic E-state index is 12.8. The van der Waals surface area contributed by atoms with E-state index in [1.807, 2.05) is 36.4 Å². The fourth-order valence-electron chi connectivity index (χ4n) is 8.01. The van der Waals surface area contributed by atoms with Crippen molar-refractivity contribution in [1.29, 1.82) is 0 Å². The van der Waals surface area contributed by atoms with Crippen molar-refractivity contribution in [2.75, 3.05) is 60.1 Å². The first-order valence-corrected chi connectivity index (χ1v) is 18.6. The molecule has 4 N–H and O–H groups in total. The first kappa shape index (κ1) is 35.7. The number of piperazine rings is 1. The molecule has 2 atom stereocenters. The summed E-state index contributed by atoms with van der Waals surface area (Å²) in [5.41, 5.74) is 3.72. The van der Waals surface area contributed by atoms with Gasteiger partial charge in [0.25, 0.3) is 0 Å². The van der Waals surface area contributed by atoms with Crippen molar-refractivity contribution < 1.29 is 9.59 Å². The molecule has 50 heavy (non-hydrogen) atoms. The molecule has 1 aliphatic heterocycles. The molecule has 4 aliphatic rings. The highest BCUT2D eigenvalue weighted by Gasteiger charge is 2.37. The van der Waals surface area contributed by atoms with Gasteiger partial charge in [-0.25, -0.2) is 4.98 Å². The van der Waals surface area contributed by atoms with Crippen LogP contribution >= 0.6 is 11.6 Å². The molecule has 1 saturated heterocycles. The minimum absolute atomic E-state index is 0.255. The van der Waals surface area contributed by atoms with Gasteiger partial charge in [-0.1, -0.05) is 50.1 Å². The molecule has 2 aromatic carbocycles. The number of anilines is 5. The number of halogens is 1. The van der Waals surface area contributed by atoms with Crippen LogP contribution in [0, 0.1) is 23.7 Å². The zero-order chi connectivity index (χ0) is 34.9. The summed E-state index contributed by atoms with van der Waals surface area (Å²) in [6.07, 6.45) is 11.3. The van der Waals surface area contributed by atoms with Crippen LogP contribution in [0.1, 0.15) is 57.4 Å². The average Bonchev–Trinajstić information content (AvgIpc) is 3.37. The van der Waals surface area contributed by atoms with Crippen LogP contribution in [-0.4, -0.2) is 66.0 Å². The van der Waals surface area contributed by atoms with Crippen LogP contribution in [-0.2, 0) is 16.1 Å². The molecule has 1 unspecified atom stereocenters. The lowest BCUT2D eigenvalue weighted by molar-refractivity contribution is -0.123. The molecule has 11 heteroatoms. The molecule has 266 valence electrons. The van der Waals surface area contributed by atoms with Gasteiger partial charge in [0.2, 0.25) is 17.8 Å². The van der Waals surface area contributed by atoms with Crippen LogP contribution in [0.5, 0.6) is 0 Å². The first-order chi connectivity index (χ1) is 24.3. The van der Waals surface area contributed by atoms with E-state index < -0.39 is 0 Å². The molecule has 0 spiro atoms. The molecular formula is C39H51ClN8O2. The van der Waals surface area contributed by atoms with Crippen molar-refractivity contribution in [3.63, 3.8) is 0 Å². The normalized spacial score (nSPS) is 22.0. The Labute approximate surface area is 301 Å². The summed E-state index contributed by atoms with van der Waals surface area (Å²) in [5, 5.41) is 13.0. The number of nitrogens with zero attached hydrogens (tertiary/aromatic N) is 4. The molecule has 3 saturated carbocycles. The molecule has 7 rings (SSSR count). The monoisotopic (exact) mass is 698 g/mol. The predicted octanol–water partition coefficient (Wildman–Crippen LogP) is 7.09. The minimum Gasteiger partial charge on any atom is -0.369 e. The fraction of sp³-hybridized carbons (Fsp3) is 0.487. The second-order valence-corrected chi connectivity index (χ2v) is 14.6. The third-order valence-corrected chi connectivity index (χ3v) is 11.0. The molecular weight excluding hydrogens is 648 g/mol. The van der Waals surface area contributed by atoms with Gasteiger partial charge in [0.05, 0.1) is 6.20 Å². The number of carbonyl (C=O) groups excluding carboxylic acids is 2. The SMILES string of the molecule is C=CC(=O)Nc1cccc(CNc2nc(Nc3ccc(N4CCN(CCCNC(=O)CC5[C@H]6CC[C@H](CC6)C[C@H]5C)CC4)cc3)ncc2Cl)c1. The Morgan fingerprint density at radius 2 is 1.80 bits per heavy atom. The summed E-state index contributed by atoms with van der Waals surface area (Å²) in [4.78, 5) is 38.3. The zero-order valence-corrected chi connectivity index (χ0v) is 29.9. The van der Waals surface area contributed by atoms with E-state index in [1.165, 1.54) is 43.9 Å². The standard InChI is InChI=1S/C39H51ClN8O2/c1-3-36(49)44-32-7-4-6-29(23-32)25-42-38-35(40)26-43-39(46-38)45-31-12-14-33(15-13-31)48-20-18-47(19-21-48)17-5-16-41-37(50)24-34-27(2)22-28-8-10-30(34)11-9-28/h3-4,6-7,12-15,23,26-28,30,34H,1,5,8-11,16-22,24-25H2,2H3,(H,41,50)(H,44,49)(H2,42,43,45,46)/t27-,28-,30+,34?/m1/s1. The van der Waals surface area contributed by atoms with Gasteiger partial charge in [-0.2, -0.15) is 4.98 Å². The maximum Gasteiger partial charge on any atom is 0.247 e. The summed E-state index contributed by atoms with van der Waals surface area (Å²) in [6.45, 7) is 12.1. The number of fused-ring (bicyclic) bond motifs is 4. The number of rotatable bonds is 14. The van der Waals surface area contributed by atoms with Crippen molar-refractivity contribution in [3.8, 4) is 0 Å². The third-order valence-electron chi connectivity index (χ3n) is 10.8. The second-order valence-electron chi connectivity index (χ2n) is 14.2. The Morgan fingerprint density at radius 1 is 1.02 bits per heavy atom. The molecule has 4 fully saturated rings. The van der Waals surface area contributed by atoms with Gasteiger partial charge < -0.3 is 26.2 Å². The molecule has 3 aromatic rings. The van der Waals surface area contributed by atoms with Crippen molar-refractivity contribution in [2.24, 2.45) is 23.7 Å². The number of nitrogens with one attached hydrogen (secondary N) is 4. The lowest BCUT2D eigenvalue weighted by Gasteiger charge is -2.36. The molecule has 2 amide bonds. The van der Waals surface area contributed by atoms with E-state index in [1.54, 1.807) is 6.20 Å². The molecule has 1 aromatic heterocycles. The van der Waals surface area contributed by atoms with Crippen LogP contribution in [0.25, 0.3) is 0 Å². The Balaban J connectivity index is 0.905. The van der Waals surface area contributed by atoms with Crippen molar-refractivity contribution in [1.82, 2.24) is 20.2 Å². The van der Waals surface area contributed by atoms with Crippen molar-refractivity contribution in [3.05, 3.63) is 78.0 Å². The highest BCUT2D eigenvalue weighted by Crippen LogP contribution is 2.46. The first-order valence-electron chi connectivity index (χ1n) is 18.2. The Morgan fingerprint density at radius 3 is 2.56 bits per heavy atom. The van der Waals surface area contributed by atoms with Crippen molar-refractivity contribution in [2.45, 2.75) is 58.4 Å². The van der Waals surface area contributed by atoms with E-state index >= 15 is 0 Å². The smallest absolute Gasteiger partial charge is 0.247 e. The maximum atomic E-state index is 12.8. The highest BCUT2D eigenvalue weighted by atomic mass is 35.5. The van der Waals surface area contributed by atoms with Gasteiger partial charge >= 0.3 is 0 Å². The van der Waals surface area contributed by atoms with Crippen LogP contribution in [0.4, 0.5) is 28.8 Å². The van der Waals surface area contributed by atoms with E-state index in [2.05, 4.69) is 66.7 Å². The van der Waals surface area contributed by atoms with E-state index in [4.69, 9.17) is 11.6 Å². The Kier molecular flexibility index (Phi) is 12.3. The predicted molar refractivity (Wildman–Crippen MR) is 203 cm³/mol. The minimum atomic E-state index is -0.259. The van der Waals surface area contributed by atoms with Gasteiger partial charge in [0.15, 0.2) is 5.82 Å². The largest absolute Gasteiger partial charge is 0.369 e. The lowest BCUT2D eigenvalue weighted by Crippen LogP contribution is -2.47. The van der Waals surface area contributed by atoms with Crippen LogP contribution in [0.3, 0.4) is 0 Å². The van der Waals surface area contributed by atoms with Gasteiger partial charge in [0, 0.05) is 62.8 Å². The quantitative estimate of drug-likeness (QED) is 0.104. The summed E-state index contributed by atoms with van der Waals surface area (Å²) < 4.78 is 0. The van der Waals surface area contributed by atoms with E-state index in [9.17, 15) is 9.59 Å². The third kappa shape index (κ3) is 9.75. The zero-order valence-electron chi connectivity index (χ0n) is 29.2. The van der Waals surface area contributed by atoms with E-state index in [-0.39, 0.29) is 11.8 Å². The summed E-state index contributed by atoms with van der Waals surface area (Å²) in [6, 6.07) is 15.9. The van der Waals surface area contributed by atoms with Gasteiger partial charge in [-0.15, -0.1) is 0 Å². The molecule has 10 nitrogen and oxygen atoms in total. The van der Waals surface area contributed by atoms with Crippen LogP contribution in [0.2, 0.25) is 5.02 Å². The lowest BCUT2D eigenvalue weighted by atomic mass is 9.77. The number of hydrogen-bond acceptors (Lipinski definition) is 8. The van der Waals surface area contributed by atoms with Gasteiger partial charge in [0.1, 0.15) is 5.02 Å². The summed E-state index contributed by atoms with van der Waals surface area (Å²) >= 11 is 6.39. The number of aromatic nitrogens is 2. The molecule has 3 aliphatic carbocycles. The molecule has 2 bridgehead atoms. The number of benzene rings is 2. The summed E-state index contributed by atoms with van der Waals surface area (Å²) in [5.74, 6) is 3.86. The fourth-order valence-corrected chi connectivity index (χ4v) is 8.16.